The van der Waals surface area contributed by atoms with Gasteiger partial charge in [-0.3, -0.25) is 0 Å². The number of para-hydroxylation sites is 1. The molecule has 90 valence electrons. The molecule has 2 rings (SSSR count). The fourth-order valence-electron chi connectivity index (χ4n) is 1.34. The van der Waals surface area contributed by atoms with Crippen molar-refractivity contribution < 1.29 is 0 Å². The van der Waals surface area contributed by atoms with Gasteiger partial charge < -0.3 is 17.2 Å². The monoisotopic (exact) mass is 258 g/mol. The highest BCUT2D eigenvalue weighted by molar-refractivity contribution is 7.99. The van der Waals surface area contributed by atoms with E-state index in [1.54, 1.807) is 18.2 Å². The summed E-state index contributed by atoms with van der Waals surface area (Å²) in [6.45, 7) is 0. The summed E-state index contributed by atoms with van der Waals surface area (Å²) in [5.41, 5.74) is 17.8. The first-order valence-corrected chi connectivity index (χ1v) is 5.78. The van der Waals surface area contributed by atoms with Gasteiger partial charge in [-0.25, -0.2) is 9.97 Å². The Kier molecular flexibility index (Phi) is 3.21. The molecule has 2 aromatic rings. The van der Waals surface area contributed by atoms with Crippen molar-refractivity contribution in [2.75, 3.05) is 17.2 Å². The van der Waals surface area contributed by atoms with Crippen LogP contribution in [0.3, 0.4) is 0 Å². The van der Waals surface area contributed by atoms with Crippen molar-refractivity contribution in [3.8, 4) is 6.07 Å². The zero-order chi connectivity index (χ0) is 13.1. The highest BCUT2D eigenvalue weighted by atomic mass is 32.2. The standard InChI is InChI=1S/C11H10N6S/c12-5-6-2-1-3-7(10(6)15)18-11-16-8(13)4-9(14)17-11/h1-4H,15H2,(H4,13,14,16,17). The third kappa shape index (κ3) is 2.44. The van der Waals surface area contributed by atoms with E-state index in [-0.39, 0.29) is 0 Å². The van der Waals surface area contributed by atoms with Gasteiger partial charge in [-0.15, -0.1) is 0 Å². The van der Waals surface area contributed by atoms with E-state index in [9.17, 15) is 0 Å². The second-order valence-electron chi connectivity index (χ2n) is 3.43. The van der Waals surface area contributed by atoms with E-state index in [4.69, 9.17) is 22.5 Å². The summed E-state index contributed by atoms with van der Waals surface area (Å²) in [5, 5.41) is 9.28. The number of aromatic nitrogens is 2. The molecule has 0 fully saturated rings. The van der Waals surface area contributed by atoms with Gasteiger partial charge in [0, 0.05) is 11.0 Å². The molecule has 0 bridgehead atoms. The van der Waals surface area contributed by atoms with Gasteiger partial charge in [0.1, 0.15) is 17.7 Å². The molecule has 0 amide bonds. The van der Waals surface area contributed by atoms with Crippen LogP contribution in [0.15, 0.2) is 34.3 Å². The maximum atomic E-state index is 8.89. The lowest BCUT2D eigenvalue weighted by Crippen LogP contribution is -2.00. The normalized spacial score (nSPS) is 9.94. The number of hydrogen-bond acceptors (Lipinski definition) is 7. The molecule has 18 heavy (non-hydrogen) atoms. The van der Waals surface area contributed by atoms with Crippen molar-refractivity contribution in [1.29, 1.82) is 5.26 Å². The van der Waals surface area contributed by atoms with E-state index in [0.29, 0.717) is 32.9 Å². The molecule has 7 heteroatoms. The zero-order valence-electron chi connectivity index (χ0n) is 9.29. The molecule has 0 unspecified atom stereocenters. The Bertz CT molecular complexity index is 614. The molecule has 6 N–H and O–H groups in total. The number of anilines is 3. The summed E-state index contributed by atoms with van der Waals surface area (Å²) < 4.78 is 0. The summed E-state index contributed by atoms with van der Waals surface area (Å²) >= 11 is 1.21. The summed E-state index contributed by atoms with van der Waals surface area (Å²) in [6, 6.07) is 8.66. The third-order valence-electron chi connectivity index (χ3n) is 2.13. The van der Waals surface area contributed by atoms with Crippen molar-refractivity contribution in [2.45, 2.75) is 10.1 Å². The summed E-state index contributed by atoms with van der Waals surface area (Å²) in [6.07, 6.45) is 0. The maximum absolute atomic E-state index is 8.89. The summed E-state index contributed by atoms with van der Waals surface area (Å²) in [7, 11) is 0. The average Bonchev–Trinajstić information content (AvgIpc) is 2.30. The first kappa shape index (κ1) is 12.0. The van der Waals surface area contributed by atoms with Gasteiger partial charge in [0.25, 0.3) is 0 Å². The second-order valence-corrected chi connectivity index (χ2v) is 4.44. The van der Waals surface area contributed by atoms with Crippen molar-refractivity contribution in [3.05, 3.63) is 29.8 Å². The predicted molar refractivity (Wildman–Crippen MR) is 70.5 cm³/mol. The van der Waals surface area contributed by atoms with Gasteiger partial charge in [0.2, 0.25) is 0 Å². The molecule has 0 aliphatic rings. The molecule has 1 heterocycles. The first-order chi connectivity index (χ1) is 8.60. The van der Waals surface area contributed by atoms with Crippen LogP contribution in [0.1, 0.15) is 5.56 Å². The molecule has 0 saturated heterocycles. The van der Waals surface area contributed by atoms with Crippen LogP contribution in [0.5, 0.6) is 0 Å². The summed E-state index contributed by atoms with van der Waals surface area (Å²) in [4.78, 5) is 8.77. The predicted octanol–water partition coefficient (Wildman–Crippen LogP) is 1.25. The lowest BCUT2D eigenvalue weighted by molar-refractivity contribution is 0.985. The second kappa shape index (κ2) is 4.81. The fourth-order valence-corrected chi connectivity index (χ4v) is 2.20. The number of nitriles is 1. The van der Waals surface area contributed by atoms with Gasteiger partial charge in [-0.05, 0) is 23.9 Å². The van der Waals surface area contributed by atoms with Gasteiger partial charge in [0.05, 0.1) is 11.3 Å². The van der Waals surface area contributed by atoms with Crippen LogP contribution in [-0.4, -0.2) is 9.97 Å². The molecule has 0 spiro atoms. The fraction of sp³-hybridized carbons (Fsp3) is 0. The third-order valence-corrected chi connectivity index (χ3v) is 3.07. The van der Waals surface area contributed by atoms with Crippen LogP contribution in [0.4, 0.5) is 17.3 Å². The quantitative estimate of drug-likeness (QED) is 0.546. The van der Waals surface area contributed by atoms with E-state index in [2.05, 4.69) is 9.97 Å². The van der Waals surface area contributed by atoms with Crippen molar-refractivity contribution in [1.82, 2.24) is 9.97 Å². The largest absolute Gasteiger partial charge is 0.397 e. The van der Waals surface area contributed by atoms with Crippen LogP contribution < -0.4 is 17.2 Å². The maximum Gasteiger partial charge on any atom is 0.196 e. The van der Waals surface area contributed by atoms with Crippen LogP contribution >= 0.6 is 11.8 Å². The Balaban J connectivity index is 2.37. The number of rotatable bonds is 2. The molecular formula is C11H10N6S. The van der Waals surface area contributed by atoms with E-state index >= 15 is 0 Å². The lowest BCUT2D eigenvalue weighted by Gasteiger charge is -2.06. The lowest BCUT2D eigenvalue weighted by atomic mass is 10.2. The summed E-state index contributed by atoms with van der Waals surface area (Å²) in [5.74, 6) is 0.583. The van der Waals surface area contributed by atoms with Gasteiger partial charge in [-0.1, -0.05) is 6.07 Å². The molecule has 0 aliphatic carbocycles. The molecular weight excluding hydrogens is 248 g/mol. The Morgan fingerprint density at radius 3 is 2.39 bits per heavy atom. The van der Waals surface area contributed by atoms with Crippen LogP contribution in [0, 0.1) is 11.3 Å². The van der Waals surface area contributed by atoms with Gasteiger partial charge >= 0.3 is 0 Å². The highest BCUT2D eigenvalue weighted by Gasteiger charge is 2.09. The Hall–Kier alpha value is -2.46. The van der Waals surface area contributed by atoms with Crippen molar-refractivity contribution >= 4 is 29.1 Å². The highest BCUT2D eigenvalue weighted by Crippen LogP contribution is 2.32. The van der Waals surface area contributed by atoms with E-state index in [1.807, 2.05) is 6.07 Å². The first-order valence-electron chi connectivity index (χ1n) is 4.96. The Morgan fingerprint density at radius 2 is 1.78 bits per heavy atom. The number of nitrogen functional groups attached to an aromatic ring is 3. The number of hydrogen-bond donors (Lipinski definition) is 3. The smallest absolute Gasteiger partial charge is 0.196 e. The molecule has 6 nitrogen and oxygen atoms in total. The van der Waals surface area contributed by atoms with Crippen LogP contribution in [0.2, 0.25) is 0 Å². The number of benzene rings is 1. The molecule has 0 saturated carbocycles. The van der Waals surface area contributed by atoms with Gasteiger partial charge in [-0.2, -0.15) is 5.26 Å². The van der Waals surface area contributed by atoms with Crippen LogP contribution in [0.25, 0.3) is 0 Å². The SMILES string of the molecule is N#Cc1cccc(Sc2nc(N)cc(N)n2)c1N. The minimum Gasteiger partial charge on any atom is -0.397 e. The molecule has 0 radical (unpaired) electrons. The van der Waals surface area contributed by atoms with E-state index < -0.39 is 0 Å². The van der Waals surface area contributed by atoms with Crippen molar-refractivity contribution in [2.24, 2.45) is 0 Å². The number of nitrogens with zero attached hydrogens (tertiary/aromatic N) is 3. The minimum absolute atomic E-state index is 0.292. The van der Waals surface area contributed by atoms with Crippen LogP contribution in [-0.2, 0) is 0 Å². The zero-order valence-corrected chi connectivity index (χ0v) is 10.1. The molecule has 1 aromatic heterocycles. The average molecular weight is 258 g/mol. The Labute approximate surface area is 108 Å². The minimum atomic E-state index is 0.292. The Morgan fingerprint density at radius 1 is 1.11 bits per heavy atom. The molecule has 0 atom stereocenters. The molecule has 0 aliphatic heterocycles. The van der Waals surface area contributed by atoms with E-state index in [0.717, 1.165) is 0 Å². The number of nitrogens with two attached hydrogens (primary N) is 3. The topological polar surface area (TPSA) is 128 Å². The van der Waals surface area contributed by atoms with E-state index in [1.165, 1.54) is 17.8 Å². The van der Waals surface area contributed by atoms with Crippen molar-refractivity contribution in [3.63, 3.8) is 0 Å². The molecule has 1 aromatic carbocycles. The van der Waals surface area contributed by atoms with Gasteiger partial charge in [0.15, 0.2) is 5.16 Å².